The second-order valence-electron chi connectivity index (χ2n) is 10.3. The van der Waals surface area contributed by atoms with Crippen LogP contribution in [0.4, 0.5) is 9.18 Å². The van der Waals surface area contributed by atoms with Gasteiger partial charge in [-0.25, -0.2) is 13.9 Å². The van der Waals surface area contributed by atoms with Crippen molar-refractivity contribution in [3.8, 4) is 5.69 Å². The van der Waals surface area contributed by atoms with Crippen molar-refractivity contribution in [3.05, 3.63) is 59.7 Å². The van der Waals surface area contributed by atoms with Crippen LogP contribution in [-0.4, -0.2) is 53.1 Å². The summed E-state index contributed by atoms with van der Waals surface area (Å²) in [7, 11) is 0. The summed E-state index contributed by atoms with van der Waals surface area (Å²) in [4.78, 5) is 14.8. The number of nitrogens with zero attached hydrogens (tertiary/aromatic N) is 3. The fourth-order valence-corrected chi connectivity index (χ4v) is 5.72. The van der Waals surface area contributed by atoms with Gasteiger partial charge in [0.05, 0.1) is 25.1 Å². The molecular formula is C28H39FN4O2. The average Bonchev–Trinajstić information content (AvgIpc) is 3.34. The molecule has 35 heavy (non-hydrogen) atoms. The van der Waals surface area contributed by atoms with Crippen LogP contribution in [0.1, 0.15) is 57.2 Å². The van der Waals surface area contributed by atoms with Gasteiger partial charge in [0.2, 0.25) is 0 Å². The van der Waals surface area contributed by atoms with Crippen molar-refractivity contribution in [2.75, 3.05) is 26.3 Å². The second-order valence-corrected chi connectivity index (χ2v) is 10.3. The van der Waals surface area contributed by atoms with E-state index in [2.05, 4.69) is 37.8 Å². The summed E-state index contributed by atoms with van der Waals surface area (Å²) in [5.74, 6) is 0.184. The van der Waals surface area contributed by atoms with E-state index in [1.165, 1.54) is 23.3 Å². The number of hydrogen-bond acceptors (Lipinski definition) is 3. The number of urea groups is 1. The van der Waals surface area contributed by atoms with Crippen molar-refractivity contribution in [2.45, 2.75) is 65.3 Å². The molecule has 4 rings (SSSR count). The molecule has 2 amide bonds. The minimum Gasteiger partial charge on any atom is -0.378 e. The van der Waals surface area contributed by atoms with Crippen molar-refractivity contribution >= 4 is 6.03 Å². The van der Waals surface area contributed by atoms with E-state index in [0.29, 0.717) is 32.2 Å². The number of allylic oxidation sites excluding steroid dienone is 1. The summed E-state index contributed by atoms with van der Waals surface area (Å²) in [5, 5.41) is 7.94. The first-order chi connectivity index (χ1) is 16.8. The molecule has 1 N–H and O–H groups in total. The van der Waals surface area contributed by atoms with E-state index >= 15 is 0 Å². The first-order valence-corrected chi connectivity index (χ1v) is 12.9. The Balaban J connectivity index is 1.48. The molecule has 1 aromatic carbocycles. The van der Waals surface area contributed by atoms with Crippen LogP contribution in [0.25, 0.3) is 5.69 Å². The molecule has 2 heterocycles. The van der Waals surface area contributed by atoms with Crippen molar-refractivity contribution < 1.29 is 13.9 Å². The van der Waals surface area contributed by atoms with Crippen LogP contribution < -0.4 is 5.32 Å². The molecule has 2 aromatic rings. The van der Waals surface area contributed by atoms with Crippen LogP contribution in [0.5, 0.6) is 0 Å². The Bertz CT molecular complexity index is 1030. The Labute approximate surface area is 208 Å². The molecule has 3 atom stereocenters. The van der Waals surface area contributed by atoms with Crippen LogP contribution in [0.2, 0.25) is 0 Å². The van der Waals surface area contributed by atoms with Gasteiger partial charge in [0.1, 0.15) is 5.82 Å². The first kappa shape index (κ1) is 25.4. The SMILES string of the molecule is C=C1CC[C@H](CC(CCC)NC(=O)N2CCOCC2)[C@@]1(C)Cc1cnn(-c2ccc(F)cc2)c1C. The van der Waals surface area contributed by atoms with Gasteiger partial charge < -0.3 is 15.0 Å². The normalized spacial score (nSPS) is 23.5. The number of aromatic nitrogens is 2. The Kier molecular flexibility index (Phi) is 7.95. The molecule has 6 nitrogen and oxygen atoms in total. The van der Waals surface area contributed by atoms with E-state index in [1.807, 2.05) is 15.8 Å². The van der Waals surface area contributed by atoms with Gasteiger partial charge in [-0.05, 0) is 80.2 Å². The lowest BCUT2D eigenvalue weighted by molar-refractivity contribution is 0.0519. The van der Waals surface area contributed by atoms with Gasteiger partial charge >= 0.3 is 6.03 Å². The molecule has 1 aromatic heterocycles. The van der Waals surface area contributed by atoms with E-state index in [-0.39, 0.29) is 23.3 Å². The van der Waals surface area contributed by atoms with E-state index in [0.717, 1.165) is 49.9 Å². The summed E-state index contributed by atoms with van der Waals surface area (Å²) in [6, 6.07) is 6.61. The lowest BCUT2D eigenvalue weighted by Crippen LogP contribution is -2.50. The molecule has 0 radical (unpaired) electrons. The number of ether oxygens (including phenoxy) is 1. The molecule has 0 bridgehead atoms. The van der Waals surface area contributed by atoms with Crippen molar-refractivity contribution in [2.24, 2.45) is 11.3 Å². The molecule has 1 unspecified atom stereocenters. The minimum absolute atomic E-state index is 0.0293. The van der Waals surface area contributed by atoms with Crippen LogP contribution in [0.3, 0.4) is 0 Å². The van der Waals surface area contributed by atoms with E-state index in [1.54, 1.807) is 12.1 Å². The Morgan fingerprint density at radius 3 is 2.71 bits per heavy atom. The monoisotopic (exact) mass is 482 g/mol. The van der Waals surface area contributed by atoms with Crippen LogP contribution in [0, 0.1) is 24.1 Å². The number of carbonyl (C=O) groups excluding carboxylic acids is 1. The summed E-state index contributed by atoms with van der Waals surface area (Å²) in [5.41, 5.74) is 4.34. The lowest BCUT2D eigenvalue weighted by atomic mass is 9.70. The zero-order valence-corrected chi connectivity index (χ0v) is 21.4. The molecule has 0 spiro atoms. The average molecular weight is 483 g/mol. The summed E-state index contributed by atoms with van der Waals surface area (Å²) in [6.45, 7) is 13.6. The highest BCUT2D eigenvalue weighted by molar-refractivity contribution is 5.74. The zero-order valence-electron chi connectivity index (χ0n) is 21.4. The lowest BCUT2D eigenvalue weighted by Gasteiger charge is -2.36. The number of benzene rings is 1. The predicted molar refractivity (Wildman–Crippen MR) is 136 cm³/mol. The zero-order chi connectivity index (χ0) is 25.0. The molecule has 7 heteroatoms. The van der Waals surface area contributed by atoms with Crippen molar-refractivity contribution in [1.82, 2.24) is 20.0 Å². The van der Waals surface area contributed by atoms with E-state index in [4.69, 9.17) is 4.74 Å². The second kappa shape index (κ2) is 10.9. The molecule has 2 aliphatic rings. The maximum Gasteiger partial charge on any atom is 0.317 e. The largest absolute Gasteiger partial charge is 0.378 e. The summed E-state index contributed by atoms with van der Waals surface area (Å²) >= 11 is 0. The first-order valence-electron chi connectivity index (χ1n) is 12.9. The Hall–Kier alpha value is -2.67. The van der Waals surface area contributed by atoms with Crippen molar-refractivity contribution in [3.63, 3.8) is 0 Å². The molecule has 190 valence electrons. The summed E-state index contributed by atoms with van der Waals surface area (Å²) in [6.07, 6.45) is 7.86. The van der Waals surface area contributed by atoms with Gasteiger partial charge in [-0.2, -0.15) is 5.10 Å². The van der Waals surface area contributed by atoms with Gasteiger partial charge in [-0.15, -0.1) is 0 Å². The number of carbonyl (C=O) groups is 1. The van der Waals surface area contributed by atoms with Gasteiger partial charge in [-0.1, -0.05) is 32.4 Å². The molecule has 1 saturated heterocycles. The fourth-order valence-electron chi connectivity index (χ4n) is 5.72. The Morgan fingerprint density at radius 2 is 2.03 bits per heavy atom. The smallest absolute Gasteiger partial charge is 0.317 e. The van der Waals surface area contributed by atoms with Crippen LogP contribution in [0.15, 0.2) is 42.6 Å². The van der Waals surface area contributed by atoms with Crippen LogP contribution in [-0.2, 0) is 11.2 Å². The third-order valence-electron chi connectivity index (χ3n) is 8.08. The van der Waals surface area contributed by atoms with Gasteiger partial charge in [-0.3, -0.25) is 0 Å². The molecule has 1 aliphatic heterocycles. The maximum absolute atomic E-state index is 13.4. The molecule has 1 saturated carbocycles. The van der Waals surface area contributed by atoms with Gasteiger partial charge in [0.15, 0.2) is 0 Å². The van der Waals surface area contributed by atoms with E-state index < -0.39 is 0 Å². The standard InChI is InChI=1S/C28H39FN4O2/c1-5-6-25(31-27(34)32-13-15-35-16-14-32)17-23-8-7-20(2)28(23,4)18-22-19-30-33(21(22)3)26-11-9-24(29)10-12-26/h9-12,19,23,25H,2,5-8,13-18H2,1,3-4H3,(H,31,34)/t23-,25?,28+/m1/s1. The van der Waals surface area contributed by atoms with Gasteiger partial charge in [0.25, 0.3) is 0 Å². The number of hydrogen-bond donors (Lipinski definition) is 1. The number of nitrogens with one attached hydrogen (secondary N) is 1. The van der Waals surface area contributed by atoms with Gasteiger partial charge in [0, 0.05) is 24.8 Å². The third-order valence-corrected chi connectivity index (χ3v) is 8.08. The van der Waals surface area contributed by atoms with Crippen LogP contribution >= 0.6 is 0 Å². The topological polar surface area (TPSA) is 59.4 Å². The maximum atomic E-state index is 13.4. The molecule has 1 aliphatic carbocycles. The predicted octanol–water partition coefficient (Wildman–Crippen LogP) is 5.44. The minimum atomic E-state index is -0.251. The molecule has 2 fully saturated rings. The highest BCUT2D eigenvalue weighted by Gasteiger charge is 2.43. The Morgan fingerprint density at radius 1 is 1.31 bits per heavy atom. The summed E-state index contributed by atoms with van der Waals surface area (Å²) < 4.78 is 20.7. The number of rotatable bonds is 8. The number of morpholine rings is 1. The highest BCUT2D eigenvalue weighted by Crippen LogP contribution is 2.51. The number of halogens is 1. The quantitative estimate of drug-likeness (QED) is 0.510. The highest BCUT2D eigenvalue weighted by atomic mass is 19.1. The fraction of sp³-hybridized carbons (Fsp3) is 0.571. The number of amides is 2. The van der Waals surface area contributed by atoms with Crippen molar-refractivity contribution in [1.29, 1.82) is 0 Å². The molecular weight excluding hydrogens is 443 g/mol. The van der Waals surface area contributed by atoms with E-state index in [9.17, 15) is 9.18 Å². The third kappa shape index (κ3) is 5.61.